The third-order valence-corrected chi connectivity index (χ3v) is 4.25. The van der Waals surface area contributed by atoms with Crippen LogP contribution in [0.5, 0.6) is 0 Å². The number of hydrogen-bond donors (Lipinski definition) is 1. The molecule has 0 amide bonds. The molecule has 3 aromatic rings. The van der Waals surface area contributed by atoms with Crippen molar-refractivity contribution in [2.24, 2.45) is 0 Å². The maximum absolute atomic E-state index is 4.07. The highest BCUT2D eigenvalue weighted by atomic mass is 79.9. The van der Waals surface area contributed by atoms with Gasteiger partial charge in [-0.25, -0.2) is 4.98 Å². The second kappa shape index (κ2) is 6.90. The van der Waals surface area contributed by atoms with E-state index < -0.39 is 0 Å². The quantitative estimate of drug-likeness (QED) is 0.730. The van der Waals surface area contributed by atoms with E-state index in [9.17, 15) is 0 Å². The van der Waals surface area contributed by atoms with Gasteiger partial charge in [-0.2, -0.15) is 0 Å². The van der Waals surface area contributed by atoms with Gasteiger partial charge in [-0.1, -0.05) is 40.2 Å². The van der Waals surface area contributed by atoms with Gasteiger partial charge in [0.05, 0.1) is 6.33 Å². The van der Waals surface area contributed by atoms with Crippen LogP contribution in [0.1, 0.15) is 24.1 Å². The Morgan fingerprint density at radius 2 is 1.82 bits per heavy atom. The number of rotatable bonds is 5. The molecular weight excluding hydrogens is 338 g/mol. The SMILES string of the molecule is CC(NCc1ccc(-n2ccnc2)cc1)c1ccc(Br)cc1. The molecule has 3 rings (SSSR count). The van der Waals surface area contributed by atoms with Gasteiger partial charge in [0.15, 0.2) is 0 Å². The van der Waals surface area contributed by atoms with Crippen LogP contribution in [0.2, 0.25) is 0 Å². The largest absolute Gasteiger partial charge is 0.306 e. The summed E-state index contributed by atoms with van der Waals surface area (Å²) in [5.41, 5.74) is 3.69. The predicted molar refractivity (Wildman–Crippen MR) is 93.0 cm³/mol. The molecule has 0 radical (unpaired) electrons. The minimum absolute atomic E-state index is 0.321. The Morgan fingerprint density at radius 3 is 2.45 bits per heavy atom. The number of benzene rings is 2. The molecule has 1 unspecified atom stereocenters. The third kappa shape index (κ3) is 3.64. The van der Waals surface area contributed by atoms with E-state index in [0.29, 0.717) is 6.04 Å². The number of nitrogens with one attached hydrogen (secondary N) is 1. The van der Waals surface area contributed by atoms with Crippen molar-refractivity contribution in [3.05, 3.63) is 82.9 Å². The van der Waals surface area contributed by atoms with Crippen LogP contribution in [0, 0.1) is 0 Å². The molecule has 0 spiro atoms. The van der Waals surface area contributed by atoms with Crippen LogP contribution in [0.25, 0.3) is 5.69 Å². The minimum Gasteiger partial charge on any atom is -0.306 e. The third-order valence-electron chi connectivity index (χ3n) is 3.72. The Balaban J connectivity index is 1.60. The molecule has 4 heteroatoms. The summed E-state index contributed by atoms with van der Waals surface area (Å²) in [6.07, 6.45) is 5.54. The van der Waals surface area contributed by atoms with Gasteiger partial charge in [0, 0.05) is 35.1 Å². The Morgan fingerprint density at radius 1 is 1.09 bits per heavy atom. The Labute approximate surface area is 139 Å². The number of hydrogen-bond acceptors (Lipinski definition) is 2. The van der Waals surface area contributed by atoms with Crippen molar-refractivity contribution in [1.29, 1.82) is 0 Å². The van der Waals surface area contributed by atoms with Crippen molar-refractivity contribution >= 4 is 15.9 Å². The van der Waals surface area contributed by atoms with Gasteiger partial charge < -0.3 is 9.88 Å². The number of imidazole rings is 1. The van der Waals surface area contributed by atoms with Gasteiger partial charge in [0.1, 0.15) is 0 Å². The second-order valence-corrected chi connectivity index (χ2v) is 6.21. The first-order valence-electron chi connectivity index (χ1n) is 7.28. The van der Waals surface area contributed by atoms with E-state index in [2.05, 4.69) is 81.7 Å². The fourth-order valence-corrected chi connectivity index (χ4v) is 2.60. The summed E-state index contributed by atoms with van der Waals surface area (Å²) in [4.78, 5) is 4.07. The second-order valence-electron chi connectivity index (χ2n) is 5.29. The first-order valence-corrected chi connectivity index (χ1v) is 8.08. The molecular formula is C18H18BrN3. The molecule has 0 aliphatic carbocycles. The number of halogens is 1. The van der Waals surface area contributed by atoms with Crippen molar-refractivity contribution in [3.8, 4) is 5.69 Å². The van der Waals surface area contributed by atoms with Crippen LogP contribution in [0.3, 0.4) is 0 Å². The van der Waals surface area contributed by atoms with Crippen molar-refractivity contribution in [3.63, 3.8) is 0 Å². The zero-order chi connectivity index (χ0) is 15.4. The zero-order valence-electron chi connectivity index (χ0n) is 12.4. The van der Waals surface area contributed by atoms with E-state index in [4.69, 9.17) is 0 Å². The molecule has 1 atom stereocenters. The standard InChI is InChI=1S/C18H18BrN3/c1-14(16-4-6-17(19)7-5-16)21-12-15-2-8-18(9-3-15)22-11-10-20-13-22/h2-11,13-14,21H,12H2,1H3. The first-order chi connectivity index (χ1) is 10.7. The summed E-state index contributed by atoms with van der Waals surface area (Å²) in [5, 5.41) is 3.55. The molecule has 0 bridgehead atoms. The van der Waals surface area contributed by atoms with Gasteiger partial charge in [-0.05, 0) is 42.3 Å². The number of aromatic nitrogens is 2. The highest BCUT2D eigenvalue weighted by molar-refractivity contribution is 9.10. The maximum Gasteiger partial charge on any atom is 0.0991 e. The maximum atomic E-state index is 4.07. The first kappa shape index (κ1) is 15.0. The minimum atomic E-state index is 0.321. The van der Waals surface area contributed by atoms with E-state index in [1.807, 2.05) is 17.1 Å². The molecule has 3 nitrogen and oxygen atoms in total. The summed E-state index contributed by atoms with van der Waals surface area (Å²) in [5.74, 6) is 0. The van der Waals surface area contributed by atoms with E-state index in [1.165, 1.54) is 11.1 Å². The lowest BCUT2D eigenvalue weighted by Gasteiger charge is -2.14. The molecule has 0 saturated carbocycles. The van der Waals surface area contributed by atoms with Crippen LogP contribution in [-0.2, 0) is 6.54 Å². The Kier molecular flexibility index (Phi) is 4.71. The predicted octanol–water partition coefficient (Wildman–Crippen LogP) is 4.49. The van der Waals surface area contributed by atoms with Gasteiger partial charge in [0.25, 0.3) is 0 Å². The molecule has 1 N–H and O–H groups in total. The number of nitrogens with zero attached hydrogens (tertiary/aromatic N) is 2. The molecule has 0 aliphatic heterocycles. The summed E-state index contributed by atoms with van der Waals surface area (Å²) < 4.78 is 3.11. The fraction of sp³-hybridized carbons (Fsp3) is 0.167. The molecule has 0 fully saturated rings. The van der Waals surface area contributed by atoms with Crippen molar-refractivity contribution < 1.29 is 0 Å². The van der Waals surface area contributed by atoms with Crippen LogP contribution >= 0.6 is 15.9 Å². The van der Waals surface area contributed by atoms with Crippen LogP contribution < -0.4 is 5.32 Å². The van der Waals surface area contributed by atoms with E-state index >= 15 is 0 Å². The highest BCUT2D eigenvalue weighted by Crippen LogP contribution is 2.17. The molecule has 2 aromatic carbocycles. The Bertz CT molecular complexity index is 703. The molecule has 1 heterocycles. The summed E-state index contributed by atoms with van der Waals surface area (Å²) in [6, 6.07) is 17.3. The average molecular weight is 356 g/mol. The van der Waals surface area contributed by atoms with E-state index in [1.54, 1.807) is 6.20 Å². The topological polar surface area (TPSA) is 29.9 Å². The van der Waals surface area contributed by atoms with Crippen LogP contribution in [-0.4, -0.2) is 9.55 Å². The normalized spacial score (nSPS) is 12.3. The van der Waals surface area contributed by atoms with Crippen molar-refractivity contribution in [1.82, 2.24) is 14.9 Å². The van der Waals surface area contributed by atoms with Gasteiger partial charge in [0.2, 0.25) is 0 Å². The lowest BCUT2D eigenvalue weighted by atomic mass is 10.1. The Hall–Kier alpha value is -1.91. The van der Waals surface area contributed by atoms with Gasteiger partial charge in [-0.15, -0.1) is 0 Å². The molecule has 22 heavy (non-hydrogen) atoms. The smallest absolute Gasteiger partial charge is 0.0991 e. The lowest BCUT2D eigenvalue weighted by molar-refractivity contribution is 0.574. The van der Waals surface area contributed by atoms with Gasteiger partial charge >= 0.3 is 0 Å². The molecule has 0 aliphatic rings. The summed E-state index contributed by atoms with van der Waals surface area (Å²) in [7, 11) is 0. The summed E-state index contributed by atoms with van der Waals surface area (Å²) >= 11 is 3.47. The monoisotopic (exact) mass is 355 g/mol. The molecule has 1 aromatic heterocycles. The zero-order valence-corrected chi connectivity index (χ0v) is 14.0. The highest BCUT2D eigenvalue weighted by Gasteiger charge is 2.04. The van der Waals surface area contributed by atoms with E-state index in [0.717, 1.165) is 16.7 Å². The van der Waals surface area contributed by atoms with Crippen molar-refractivity contribution in [2.45, 2.75) is 19.5 Å². The van der Waals surface area contributed by atoms with Crippen molar-refractivity contribution in [2.75, 3.05) is 0 Å². The molecule has 112 valence electrons. The van der Waals surface area contributed by atoms with Crippen LogP contribution in [0.15, 0.2) is 71.7 Å². The molecule has 0 saturated heterocycles. The summed E-state index contributed by atoms with van der Waals surface area (Å²) in [6.45, 7) is 3.03. The lowest BCUT2D eigenvalue weighted by Crippen LogP contribution is -2.17. The van der Waals surface area contributed by atoms with E-state index in [-0.39, 0.29) is 0 Å². The fourth-order valence-electron chi connectivity index (χ4n) is 2.34. The van der Waals surface area contributed by atoms with Gasteiger partial charge in [-0.3, -0.25) is 0 Å². The average Bonchev–Trinajstić information content (AvgIpc) is 3.08. The van der Waals surface area contributed by atoms with Crippen LogP contribution in [0.4, 0.5) is 0 Å².